The molecule has 0 radical (unpaired) electrons. The van der Waals surface area contributed by atoms with Crippen LogP contribution in [0.5, 0.6) is 5.75 Å². The number of aromatic amines is 1. The molecule has 0 atom stereocenters. The molecule has 1 fully saturated rings. The van der Waals surface area contributed by atoms with Crippen molar-refractivity contribution >= 4 is 22.6 Å². The van der Waals surface area contributed by atoms with E-state index in [1.54, 1.807) is 20.0 Å². The van der Waals surface area contributed by atoms with Gasteiger partial charge in [-0.15, -0.1) is 0 Å². The van der Waals surface area contributed by atoms with Gasteiger partial charge in [0.1, 0.15) is 11.3 Å². The van der Waals surface area contributed by atoms with Crippen LogP contribution < -0.4 is 9.64 Å². The molecule has 0 spiro atoms. The molecule has 7 nitrogen and oxygen atoms in total. The molecule has 2 aliphatic rings. The minimum Gasteiger partial charge on any atom is -0.494 e. The van der Waals surface area contributed by atoms with Crippen molar-refractivity contribution in [1.82, 2.24) is 14.9 Å². The predicted octanol–water partition coefficient (Wildman–Crippen LogP) is 4.72. The Hall–Kier alpha value is -3.51. The largest absolute Gasteiger partial charge is 0.494 e. The third kappa shape index (κ3) is 3.80. The van der Waals surface area contributed by atoms with Gasteiger partial charge in [0.15, 0.2) is 17.4 Å². The summed E-state index contributed by atoms with van der Waals surface area (Å²) in [6.07, 6.45) is 3.40. The lowest BCUT2D eigenvalue weighted by molar-refractivity contribution is -0.123. The van der Waals surface area contributed by atoms with Crippen molar-refractivity contribution in [3.63, 3.8) is 0 Å². The van der Waals surface area contributed by atoms with E-state index >= 15 is 8.78 Å². The molecule has 2 aliphatic heterocycles. The number of hydrogen-bond acceptors (Lipinski definition) is 5. The van der Waals surface area contributed by atoms with Gasteiger partial charge in [0.05, 0.1) is 25.1 Å². The number of fused-ring (bicyclic) bond motifs is 3. The molecule has 0 aliphatic carbocycles. The number of ether oxygens (including phenoxy) is 1. The standard InChI is InChI=1S/C27H29F2N5O2/c1-15-9-20(36-4)23(29)24(22(15)28)34-13-17-12-31-25-19(21(17)27(2,3)26(34)35)10-18(32-25)14-33-7-5-16(11-30)6-8-33/h9-10,12,16H,5-8,13-14H2,1-4H3,(H,31,32). The van der Waals surface area contributed by atoms with Crippen LogP contribution >= 0.6 is 0 Å². The van der Waals surface area contributed by atoms with Crippen molar-refractivity contribution in [2.24, 2.45) is 5.92 Å². The molecule has 0 unspecified atom stereocenters. The summed E-state index contributed by atoms with van der Waals surface area (Å²) in [6.45, 7) is 7.49. The maximum Gasteiger partial charge on any atom is 0.237 e. The third-order valence-electron chi connectivity index (χ3n) is 7.51. The number of nitriles is 1. The minimum atomic E-state index is -1.05. The first-order valence-electron chi connectivity index (χ1n) is 12.1. The quantitative estimate of drug-likeness (QED) is 0.569. The lowest BCUT2D eigenvalue weighted by Gasteiger charge is -2.39. The number of nitrogens with zero attached hydrogens (tertiary/aromatic N) is 4. The van der Waals surface area contributed by atoms with E-state index in [-0.39, 0.29) is 23.8 Å². The fourth-order valence-electron chi connectivity index (χ4n) is 5.55. The third-order valence-corrected chi connectivity index (χ3v) is 7.51. The highest BCUT2D eigenvalue weighted by molar-refractivity contribution is 6.05. The van der Waals surface area contributed by atoms with E-state index in [9.17, 15) is 4.79 Å². The maximum absolute atomic E-state index is 15.2. The van der Waals surface area contributed by atoms with E-state index in [0.29, 0.717) is 12.2 Å². The van der Waals surface area contributed by atoms with Crippen LogP contribution in [0.25, 0.3) is 11.0 Å². The van der Waals surface area contributed by atoms with Crippen LogP contribution in [0.1, 0.15) is 49.1 Å². The summed E-state index contributed by atoms with van der Waals surface area (Å²) in [5.41, 5.74) is 1.97. The molecular formula is C27H29F2N5O2. The molecular weight excluding hydrogens is 464 g/mol. The number of hydrogen-bond donors (Lipinski definition) is 1. The lowest BCUT2D eigenvalue weighted by atomic mass is 9.76. The molecule has 0 saturated carbocycles. The number of amides is 1. The van der Waals surface area contributed by atoms with Gasteiger partial charge < -0.3 is 14.6 Å². The van der Waals surface area contributed by atoms with Crippen LogP contribution in [0.2, 0.25) is 0 Å². The van der Waals surface area contributed by atoms with Crippen molar-refractivity contribution in [3.8, 4) is 11.8 Å². The number of rotatable bonds is 4. The average Bonchev–Trinajstić information content (AvgIpc) is 3.27. The Morgan fingerprint density at radius 3 is 2.64 bits per heavy atom. The molecule has 2 aromatic heterocycles. The molecule has 4 heterocycles. The van der Waals surface area contributed by atoms with E-state index in [4.69, 9.17) is 10.00 Å². The zero-order chi connectivity index (χ0) is 25.8. The van der Waals surface area contributed by atoms with E-state index in [2.05, 4.69) is 20.9 Å². The number of methoxy groups -OCH3 is 1. The highest BCUT2D eigenvalue weighted by atomic mass is 19.1. The summed E-state index contributed by atoms with van der Waals surface area (Å²) in [7, 11) is 1.31. The van der Waals surface area contributed by atoms with E-state index in [1.165, 1.54) is 25.0 Å². The number of piperidine rings is 1. The Bertz CT molecular complexity index is 1400. The summed E-state index contributed by atoms with van der Waals surface area (Å²) in [6, 6.07) is 5.67. The molecule has 0 bridgehead atoms. The van der Waals surface area contributed by atoms with Crippen LogP contribution in [0.15, 0.2) is 18.3 Å². The van der Waals surface area contributed by atoms with Gasteiger partial charge in [-0.1, -0.05) is 0 Å². The maximum atomic E-state index is 15.2. The van der Waals surface area contributed by atoms with Gasteiger partial charge in [0, 0.05) is 29.7 Å². The van der Waals surface area contributed by atoms with Crippen molar-refractivity contribution in [1.29, 1.82) is 5.26 Å². The SMILES string of the molecule is COc1cc(C)c(F)c(N2Cc3cnc4[nH]c(CN5CCC(C#N)CC5)cc4c3C(C)(C)C2=O)c1F. The van der Waals surface area contributed by atoms with Gasteiger partial charge >= 0.3 is 0 Å². The van der Waals surface area contributed by atoms with Crippen molar-refractivity contribution in [3.05, 3.63) is 52.3 Å². The first-order chi connectivity index (χ1) is 17.1. The van der Waals surface area contributed by atoms with Gasteiger partial charge in [-0.05, 0) is 75.5 Å². The van der Waals surface area contributed by atoms with Crippen LogP contribution in [-0.4, -0.2) is 41.0 Å². The van der Waals surface area contributed by atoms with Crippen LogP contribution in [0, 0.1) is 35.8 Å². The summed E-state index contributed by atoms with van der Waals surface area (Å²) in [4.78, 5) is 25.2. The number of carbonyl (C=O) groups excluding carboxylic acids is 1. The lowest BCUT2D eigenvalue weighted by Crippen LogP contribution is -2.48. The average molecular weight is 494 g/mol. The molecule has 1 N–H and O–H groups in total. The molecule has 1 aromatic carbocycles. The number of H-pyrrole nitrogens is 1. The number of carbonyl (C=O) groups is 1. The molecule has 36 heavy (non-hydrogen) atoms. The van der Waals surface area contributed by atoms with Crippen LogP contribution in [0.4, 0.5) is 14.5 Å². The summed E-state index contributed by atoms with van der Waals surface area (Å²) in [5, 5.41) is 9.99. The Labute approximate surface area is 208 Å². The van der Waals surface area contributed by atoms with E-state index < -0.39 is 28.6 Å². The monoisotopic (exact) mass is 493 g/mol. The van der Waals surface area contributed by atoms with Crippen molar-refractivity contribution in [2.45, 2.75) is 52.1 Å². The van der Waals surface area contributed by atoms with Gasteiger partial charge in [0.25, 0.3) is 0 Å². The number of aromatic nitrogens is 2. The minimum absolute atomic E-state index is 0.00315. The molecule has 188 valence electrons. The smallest absolute Gasteiger partial charge is 0.237 e. The predicted molar refractivity (Wildman–Crippen MR) is 132 cm³/mol. The van der Waals surface area contributed by atoms with Gasteiger partial charge in [-0.25, -0.2) is 13.8 Å². The van der Waals surface area contributed by atoms with E-state index in [1.807, 2.05) is 6.07 Å². The number of aryl methyl sites for hydroxylation is 1. The molecule has 1 saturated heterocycles. The normalized spacial score (nSPS) is 18.4. The van der Waals surface area contributed by atoms with E-state index in [0.717, 1.165) is 48.1 Å². The number of nitrogens with one attached hydrogen (secondary N) is 1. The molecule has 9 heteroatoms. The van der Waals surface area contributed by atoms with Gasteiger partial charge in [-0.2, -0.15) is 5.26 Å². The summed E-state index contributed by atoms with van der Waals surface area (Å²) in [5.74, 6) is -2.06. The number of anilines is 1. The second-order valence-corrected chi connectivity index (χ2v) is 10.3. The zero-order valence-electron chi connectivity index (χ0n) is 20.9. The van der Waals surface area contributed by atoms with Gasteiger partial charge in [-0.3, -0.25) is 9.69 Å². The highest BCUT2D eigenvalue weighted by Gasteiger charge is 2.44. The molecule has 3 aromatic rings. The molecule has 5 rings (SSSR count). The Morgan fingerprint density at radius 1 is 1.25 bits per heavy atom. The number of halogens is 2. The fraction of sp³-hybridized carbons (Fsp3) is 0.444. The summed E-state index contributed by atoms with van der Waals surface area (Å²) >= 11 is 0. The first kappa shape index (κ1) is 24.2. The van der Waals surface area contributed by atoms with Crippen molar-refractivity contribution < 1.29 is 18.3 Å². The topological polar surface area (TPSA) is 85.2 Å². The second kappa shape index (κ2) is 8.86. The number of likely N-dealkylation sites (tertiary alicyclic amines) is 1. The fourth-order valence-corrected chi connectivity index (χ4v) is 5.55. The van der Waals surface area contributed by atoms with Crippen LogP contribution in [0.3, 0.4) is 0 Å². The van der Waals surface area contributed by atoms with Crippen LogP contribution in [-0.2, 0) is 23.3 Å². The highest BCUT2D eigenvalue weighted by Crippen LogP contribution is 2.43. The Kier molecular flexibility index (Phi) is 5.95. The Balaban J connectivity index is 1.53. The van der Waals surface area contributed by atoms with Crippen molar-refractivity contribution in [2.75, 3.05) is 25.1 Å². The molecule has 1 amide bonds. The number of pyridine rings is 1. The first-order valence-corrected chi connectivity index (χ1v) is 12.1. The zero-order valence-corrected chi connectivity index (χ0v) is 20.9. The Morgan fingerprint density at radius 2 is 1.97 bits per heavy atom. The van der Waals surface area contributed by atoms with Gasteiger partial charge in [0.2, 0.25) is 5.91 Å². The number of benzene rings is 1. The second-order valence-electron chi connectivity index (χ2n) is 10.3. The summed E-state index contributed by atoms with van der Waals surface area (Å²) < 4.78 is 35.5.